The Labute approximate surface area is 114 Å². The topological polar surface area (TPSA) is 35.3 Å². The first-order valence-electron chi connectivity index (χ1n) is 4.28. The van der Waals surface area contributed by atoms with Crippen LogP contribution in [0.15, 0.2) is 31.9 Å². The summed E-state index contributed by atoms with van der Waals surface area (Å²) >= 11 is 12.6. The molecule has 0 aliphatic heterocycles. The minimum Gasteiger partial charge on any atom is -0.496 e. The van der Waals surface area contributed by atoms with E-state index in [0.29, 0.717) is 21.1 Å². The molecule has 0 aliphatic carbocycles. The second kappa shape index (κ2) is 4.77. The summed E-state index contributed by atoms with van der Waals surface area (Å²) in [5, 5.41) is 4.31. The molecule has 0 saturated carbocycles. The SMILES string of the molecule is COc1ccc(Br)cc1-c1noc(Br)c1Cl. The van der Waals surface area contributed by atoms with E-state index in [4.69, 9.17) is 20.9 Å². The minimum atomic E-state index is 0.409. The summed E-state index contributed by atoms with van der Waals surface area (Å²) in [7, 11) is 1.59. The van der Waals surface area contributed by atoms with E-state index >= 15 is 0 Å². The predicted molar refractivity (Wildman–Crippen MR) is 68.9 cm³/mol. The third kappa shape index (κ3) is 2.12. The van der Waals surface area contributed by atoms with Crippen LogP contribution in [0.25, 0.3) is 11.3 Å². The van der Waals surface area contributed by atoms with E-state index in [2.05, 4.69) is 37.0 Å². The van der Waals surface area contributed by atoms with Gasteiger partial charge in [0.05, 0.1) is 7.11 Å². The Bertz CT molecular complexity index is 528. The summed E-state index contributed by atoms with van der Waals surface area (Å²) in [6, 6.07) is 5.58. The smallest absolute Gasteiger partial charge is 0.221 e. The fourth-order valence-electron chi connectivity index (χ4n) is 1.29. The largest absolute Gasteiger partial charge is 0.496 e. The average Bonchev–Trinajstić information content (AvgIpc) is 2.60. The third-order valence-corrected chi connectivity index (χ3v) is 3.63. The number of rotatable bonds is 2. The number of aromatic nitrogens is 1. The van der Waals surface area contributed by atoms with E-state index in [9.17, 15) is 0 Å². The highest BCUT2D eigenvalue weighted by Gasteiger charge is 2.17. The molecule has 1 aromatic carbocycles. The number of benzene rings is 1. The molecule has 0 saturated heterocycles. The molecule has 0 amide bonds. The lowest BCUT2D eigenvalue weighted by Gasteiger charge is -2.06. The average molecular weight is 367 g/mol. The lowest BCUT2D eigenvalue weighted by Crippen LogP contribution is -1.88. The highest BCUT2D eigenvalue weighted by atomic mass is 79.9. The van der Waals surface area contributed by atoms with Gasteiger partial charge in [0.2, 0.25) is 4.67 Å². The van der Waals surface area contributed by atoms with Crippen LogP contribution in [0.3, 0.4) is 0 Å². The van der Waals surface area contributed by atoms with Crippen molar-refractivity contribution in [1.29, 1.82) is 0 Å². The van der Waals surface area contributed by atoms with Gasteiger partial charge in [0.1, 0.15) is 16.5 Å². The van der Waals surface area contributed by atoms with E-state index in [0.717, 1.165) is 10.0 Å². The molecule has 0 aliphatic rings. The van der Waals surface area contributed by atoms with Crippen LogP contribution < -0.4 is 4.74 Å². The third-order valence-electron chi connectivity index (χ3n) is 2.01. The van der Waals surface area contributed by atoms with Crippen molar-refractivity contribution in [3.05, 3.63) is 32.4 Å². The molecule has 3 nitrogen and oxygen atoms in total. The van der Waals surface area contributed by atoms with E-state index in [-0.39, 0.29) is 0 Å². The lowest BCUT2D eigenvalue weighted by molar-refractivity contribution is 0.399. The summed E-state index contributed by atoms with van der Waals surface area (Å²) in [4.78, 5) is 0. The van der Waals surface area contributed by atoms with Crippen molar-refractivity contribution in [1.82, 2.24) is 5.16 Å². The van der Waals surface area contributed by atoms with Gasteiger partial charge < -0.3 is 9.26 Å². The van der Waals surface area contributed by atoms with Gasteiger partial charge in [-0.3, -0.25) is 0 Å². The maximum Gasteiger partial charge on any atom is 0.221 e. The zero-order chi connectivity index (χ0) is 11.7. The normalized spacial score (nSPS) is 10.5. The molecule has 84 valence electrons. The summed E-state index contributed by atoms with van der Waals surface area (Å²) in [5.41, 5.74) is 1.32. The van der Waals surface area contributed by atoms with Crippen molar-refractivity contribution >= 4 is 43.5 Å². The monoisotopic (exact) mass is 365 g/mol. The Morgan fingerprint density at radius 2 is 2.12 bits per heavy atom. The van der Waals surface area contributed by atoms with E-state index in [1.807, 2.05) is 18.2 Å². The van der Waals surface area contributed by atoms with Crippen LogP contribution in [0.2, 0.25) is 5.02 Å². The van der Waals surface area contributed by atoms with Gasteiger partial charge in [-0.15, -0.1) is 0 Å². The number of nitrogens with zero attached hydrogens (tertiary/aromatic N) is 1. The molecule has 6 heteroatoms. The molecule has 2 rings (SSSR count). The molecule has 1 aromatic heterocycles. The van der Waals surface area contributed by atoms with E-state index < -0.39 is 0 Å². The first kappa shape index (κ1) is 12.0. The second-order valence-electron chi connectivity index (χ2n) is 2.96. The Balaban J connectivity index is 2.62. The molecule has 0 atom stereocenters. The first-order chi connectivity index (χ1) is 7.63. The van der Waals surface area contributed by atoms with Gasteiger partial charge in [0, 0.05) is 10.0 Å². The van der Waals surface area contributed by atoms with E-state index in [1.165, 1.54) is 0 Å². The molecule has 0 unspecified atom stereocenters. The van der Waals surface area contributed by atoms with Crippen LogP contribution in [0, 0.1) is 0 Å². The summed E-state index contributed by atoms with van der Waals surface area (Å²) in [6.45, 7) is 0. The molecule has 0 N–H and O–H groups in total. The first-order valence-corrected chi connectivity index (χ1v) is 6.24. The molecular formula is C10H6Br2ClNO2. The molecule has 0 radical (unpaired) electrons. The highest BCUT2D eigenvalue weighted by Crippen LogP contribution is 2.38. The van der Waals surface area contributed by atoms with Crippen molar-refractivity contribution in [3.63, 3.8) is 0 Å². The van der Waals surface area contributed by atoms with Gasteiger partial charge in [-0.1, -0.05) is 32.7 Å². The van der Waals surface area contributed by atoms with Gasteiger partial charge in [-0.2, -0.15) is 0 Å². The van der Waals surface area contributed by atoms with E-state index in [1.54, 1.807) is 7.11 Å². The van der Waals surface area contributed by atoms with Crippen LogP contribution in [-0.4, -0.2) is 12.3 Å². The minimum absolute atomic E-state index is 0.409. The molecule has 1 heterocycles. The summed E-state index contributed by atoms with van der Waals surface area (Å²) in [5.74, 6) is 0.686. The molecule has 0 bridgehead atoms. The van der Waals surface area contributed by atoms with Gasteiger partial charge in [-0.25, -0.2) is 0 Å². The summed E-state index contributed by atoms with van der Waals surface area (Å²) in [6.07, 6.45) is 0. The number of ether oxygens (including phenoxy) is 1. The maximum absolute atomic E-state index is 6.05. The fraction of sp³-hybridized carbons (Fsp3) is 0.100. The van der Waals surface area contributed by atoms with Crippen LogP contribution in [-0.2, 0) is 0 Å². The van der Waals surface area contributed by atoms with Crippen molar-refractivity contribution in [2.75, 3.05) is 7.11 Å². The van der Waals surface area contributed by atoms with Crippen molar-refractivity contribution < 1.29 is 9.26 Å². The number of methoxy groups -OCH3 is 1. The van der Waals surface area contributed by atoms with Gasteiger partial charge in [0.25, 0.3) is 0 Å². The van der Waals surface area contributed by atoms with Gasteiger partial charge in [-0.05, 0) is 34.1 Å². The lowest BCUT2D eigenvalue weighted by atomic mass is 10.1. The zero-order valence-electron chi connectivity index (χ0n) is 8.13. The molecule has 2 aromatic rings. The Hall–Kier alpha value is -0.520. The molecule has 0 fully saturated rings. The second-order valence-corrected chi connectivity index (χ2v) is 4.98. The Morgan fingerprint density at radius 3 is 2.69 bits per heavy atom. The highest BCUT2D eigenvalue weighted by molar-refractivity contribution is 9.10. The fourth-order valence-corrected chi connectivity index (χ4v) is 2.08. The maximum atomic E-state index is 6.05. The summed E-state index contributed by atoms with van der Waals surface area (Å²) < 4.78 is 11.5. The number of hydrogen-bond acceptors (Lipinski definition) is 3. The van der Waals surface area contributed by atoms with Crippen LogP contribution in [0.4, 0.5) is 0 Å². The Kier molecular flexibility index (Phi) is 3.56. The number of hydrogen-bond donors (Lipinski definition) is 0. The van der Waals surface area contributed by atoms with Gasteiger partial charge in [0.15, 0.2) is 0 Å². The molecule has 0 spiro atoms. The van der Waals surface area contributed by atoms with Crippen LogP contribution in [0.5, 0.6) is 5.75 Å². The predicted octanol–water partition coefficient (Wildman–Crippen LogP) is 4.53. The van der Waals surface area contributed by atoms with Crippen LogP contribution in [0.1, 0.15) is 0 Å². The van der Waals surface area contributed by atoms with Crippen molar-refractivity contribution in [2.24, 2.45) is 0 Å². The molecular weight excluding hydrogens is 361 g/mol. The van der Waals surface area contributed by atoms with Crippen LogP contribution >= 0.6 is 43.5 Å². The zero-order valence-corrected chi connectivity index (χ0v) is 12.1. The van der Waals surface area contributed by atoms with Gasteiger partial charge >= 0.3 is 0 Å². The van der Waals surface area contributed by atoms with Crippen molar-refractivity contribution in [3.8, 4) is 17.0 Å². The Morgan fingerprint density at radius 1 is 1.38 bits per heavy atom. The molecule has 16 heavy (non-hydrogen) atoms. The number of halogens is 3. The van der Waals surface area contributed by atoms with Crippen molar-refractivity contribution in [2.45, 2.75) is 0 Å². The standard InChI is InChI=1S/C10H6Br2ClNO2/c1-15-7-3-2-5(11)4-6(7)9-8(13)10(12)16-14-9/h2-4H,1H3. The quantitative estimate of drug-likeness (QED) is 0.782.